The monoisotopic (exact) mass is 445 g/mol. The Morgan fingerprint density at radius 2 is 1.39 bits per heavy atom. The number of ketones is 1. The quantitative estimate of drug-likeness (QED) is 0.357. The van der Waals surface area contributed by atoms with E-state index in [4.69, 9.17) is 11.5 Å². The average Bonchev–Trinajstić information content (AvgIpc) is 2.84. The molecule has 172 valence electrons. The van der Waals surface area contributed by atoms with Crippen LogP contribution < -0.4 is 16.8 Å². The van der Waals surface area contributed by atoms with Crippen LogP contribution in [0.3, 0.4) is 0 Å². The molecule has 0 bridgehead atoms. The van der Waals surface area contributed by atoms with Crippen molar-refractivity contribution in [3.8, 4) is 5.75 Å². The highest BCUT2D eigenvalue weighted by atomic mass is 16.3. The lowest BCUT2D eigenvalue weighted by Crippen LogP contribution is -2.61. The molecule has 0 fully saturated rings. The Kier molecular flexibility index (Phi) is 7.98. The molecule has 0 aliphatic carbocycles. The fourth-order valence-corrected chi connectivity index (χ4v) is 3.95. The van der Waals surface area contributed by atoms with E-state index in [-0.39, 0.29) is 18.0 Å². The second-order valence-corrected chi connectivity index (χ2v) is 8.27. The van der Waals surface area contributed by atoms with Gasteiger partial charge in [0.1, 0.15) is 5.75 Å². The smallest absolute Gasteiger partial charge is 0.248 e. The van der Waals surface area contributed by atoms with Crippen molar-refractivity contribution in [1.29, 1.82) is 0 Å². The van der Waals surface area contributed by atoms with Crippen LogP contribution in [0, 0.1) is 0 Å². The van der Waals surface area contributed by atoms with Gasteiger partial charge in [-0.25, -0.2) is 0 Å². The Morgan fingerprint density at radius 3 is 1.88 bits per heavy atom. The number of Topliss-reactive ketones (excluding diaryl/α,β-unsaturated/α-hetero) is 1. The zero-order valence-corrected chi connectivity index (χ0v) is 18.8. The second-order valence-electron chi connectivity index (χ2n) is 8.27. The molecule has 3 aromatic rings. The summed E-state index contributed by atoms with van der Waals surface area (Å²) in [4.78, 5) is 27.5. The molecule has 0 unspecified atom stereocenters. The lowest BCUT2D eigenvalue weighted by atomic mass is 9.76. The Labute approximate surface area is 194 Å². The van der Waals surface area contributed by atoms with Crippen molar-refractivity contribution in [2.45, 2.75) is 37.3 Å². The molecule has 6 nitrogen and oxygen atoms in total. The summed E-state index contributed by atoms with van der Waals surface area (Å²) in [6.45, 7) is 2.12. The molecule has 0 saturated carbocycles. The summed E-state index contributed by atoms with van der Waals surface area (Å²) in [7, 11) is 0. The van der Waals surface area contributed by atoms with E-state index in [0.29, 0.717) is 13.0 Å². The van der Waals surface area contributed by atoms with Crippen molar-refractivity contribution in [2.24, 2.45) is 11.5 Å². The number of benzene rings is 3. The maximum Gasteiger partial charge on any atom is 0.248 e. The van der Waals surface area contributed by atoms with Crippen LogP contribution in [-0.4, -0.2) is 28.9 Å². The van der Waals surface area contributed by atoms with Crippen molar-refractivity contribution in [1.82, 2.24) is 5.32 Å². The minimum Gasteiger partial charge on any atom is -0.508 e. The number of hydrogen-bond donors (Lipinski definition) is 4. The fraction of sp³-hybridized carbons (Fsp3) is 0.259. The fourth-order valence-electron chi connectivity index (χ4n) is 3.95. The summed E-state index contributed by atoms with van der Waals surface area (Å²) >= 11 is 0. The summed E-state index contributed by atoms with van der Waals surface area (Å²) in [5, 5.41) is 12.4. The number of hydrogen-bond acceptors (Lipinski definition) is 5. The number of phenols is 1. The van der Waals surface area contributed by atoms with E-state index >= 15 is 0 Å². The normalized spacial score (nSPS) is 13.8. The van der Waals surface area contributed by atoms with Gasteiger partial charge in [-0.15, -0.1) is 0 Å². The van der Waals surface area contributed by atoms with Gasteiger partial charge in [0.05, 0.1) is 12.0 Å². The van der Waals surface area contributed by atoms with Crippen LogP contribution in [0.1, 0.15) is 48.4 Å². The molecule has 3 aromatic carbocycles. The standard InChI is InChI=1S/C27H31N3O3/c1-19(20-13-15-23(31)16-14-20)30-26(33)27(29,17-8-18-28)25(32)24(21-9-4-2-5-10-21)22-11-6-3-7-12-22/h2-7,9-16,19,24,31H,8,17-18,28-29H2,1H3,(H,30,33)/t19-,27+/m0/s1. The maximum atomic E-state index is 14.0. The number of nitrogens with one attached hydrogen (secondary N) is 1. The first-order chi connectivity index (χ1) is 15.9. The molecule has 0 saturated heterocycles. The molecule has 1 amide bonds. The zero-order chi connectivity index (χ0) is 23.8. The van der Waals surface area contributed by atoms with Crippen LogP contribution >= 0.6 is 0 Å². The van der Waals surface area contributed by atoms with E-state index in [9.17, 15) is 14.7 Å². The van der Waals surface area contributed by atoms with Crippen molar-refractivity contribution < 1.29 is 14.7 Å². The first kappa shape index (κ1) is 24.2. The van der Waals surface area contributed by atoms with E-state index in [1.807, 2.05) is 67.6 Å². The number of amides is 1. The Hall–Kier alpha value is -3.48. The number of carbonyl (C=O) groups excluding carboxylic acids is 2. The highest BCUT2D eigenvalue weighted by Gasteiger charge is 2.45. The third-order valence-corrected chi connectivity index (χ3v) is 5.89. The summed E-state index contributed by atoms with van der Waals surface area (Å²) in [5.74, 6) is -1.47. The van der Waals surface area contributed by atoms with Crippen LogP contribution in [0.15, 0.2) is 84.9 Å². The highest BCUT2D eigenvalue weighted by molar-refractivity contribution is 6.14. The van der Waals surface area contributed by atoms with Gasteiger partial charge in [0.2, 0.25) is 5.91 Å². The van der Waals surface area contributed by atoms with Crippen LogP contribution in [0.2, 0.25) is 0 Å². The van der Waals surface area contributed by atoms with Crippen LogP contribution in [-0.2, 0) is 9.59 Å². The third kappa shape index (κ3) is 5.66. The minimum absolute atomic E-state index is 0.132. The lowest BCUT2D eigenvalue weighted by Gasteiger charge is -2.32. The summed E-state index contributed by atoms with van der Waals surface area (Å²) in [5.41, 5.74) is 12.9. The molecule has 6 heteroatoms. The van der Waals surface area contributed by atoms with Gasteiger partial charge in [-0.2, -0.15) is 0 Å². The van der Waals surface area contributed by atoms with Crippen LogP contribution in [0.4, 0.5) is 0 Å². The topological polar surface area (TPSA) is 118 Å². The zero-order valence-electron chi connectivity index (χ0n) is 18.8. The molecule has 33 heavy (non-hydrogen) atoms. The number of rotatable bonds is 10. The molecule has 2 atom stereocenters. The molecular formula is C27H31N3O3. The van der Waals surface area contributed by atoms with E-state index in [0.717, 1.165) is 16.7 Å². The summed E-state index contributed by atoms with van der Waals surface area (Å²) in [6.07, 6.45) is 0.562. The first-order valence-corrected chi connectivity index (χ1v) is 11.1. The maximum absolute atomic E-state index is 14.0. The molecule has 0 heterocycles. The van der Waals surface area contributed by atoms with E-state index in [2.05, 4.69) is 5.32 Å². The first-order valence-electron chi connectivity index (χ1n) is 11.1. The molecule has 0 aliphatic heterocycles. The second kappa shape index (κ2) is 10.9. The van der Waals surface area contributed by atoms with Gasteiger partial charge in [-0.1, -0.05) is 72.8 Å². The van der Waals surface area contributed by atoms with Crippen molar-refractivity contribution in [2.75, 3.05) is 6.54 Å². The Balaban J connectivity index is 1.96. The Morgan fingerprint density at radius 1 is 0.879 bits per heavy atom. The molecule has 0 aromatic heterocycles. The van der Waals surface area contributed by atoms with E-state index in [1.165, 1.54) is 0 Å². The van der Waals surface area contributed by atoms with E-state index < -0.39 is 23.4 Å². The van der Waals surface area contributed by atoms with Crippen LogP contribution in [0.25, 0.3) is 0 Å². The number of phenolic OH excluding ortho intramolecular Hbond substituents is 1. The predicted octanol–water partition coefficient (Wildman–Crippen LogP) is 3.41. The number of nitrogens with two attached hydrogens (primary N) is 2. The minimum atomic E-state index is -1.76. The van der Waals surface area contributed by atoms with Crippen molar-refractivity contribution in [3.05, 3.63) is 102 Å². The molecule has 0 radical (unpaired) electrons. The van der Waals surface area contributed by atoms with Gasteiger partial charge in [0, 0.05) is 0 Å². The van der Waals surface area contributed by atoms with Crippen LogP contribution in [0.5, 0.6) is 5.75 Å². The highest BCUT2D eigenvalue weighted by Crippen LogP contribution is 2.31. The third-order valence-electron chi connectivity index (χ3n) is 5.89. The van der Waals surface area contributed by atoms with Gasteiger partial charge in [-0.05, 0) is 55.1 Å². The molecule has 6 N–H and O–H groups in total. The molecular weight excluding hydrogens is 414 g/mol. The average molecular weight is 446 g/mol. The largest absolute Gasteiger partial charge is 0.508 e. The van der Waals surface area contributed by atoms with Gasteiger partial charge in [-0.3, -0.25) is 9.59 Å². The molecule has 0 spiro atoms. The van der Waals surface area contributed by atoms with E-state index in [1.54, 1.807) is 24.3 Å². The van der Waals surface area contributed by atoms with Crippen molar-refractivity contribution >= 4 is 11.7 Å². The van der Waals surface area contributed by atoms with Crippen molar-refractivity contribution in [3.63, 3.8) is 0 Å². The Bertz CT molecular complexity index is 1020. The van der Waals surface area contributed by atoms with Gasteiger partial charge in [0.25, 0.3) is 0 Å². The number of aromatic hydroxyl groups is 1. The molecule has 0 aliphatic rings. The lowest BCUT2D eigenvalue weighted by molar-refractivity contribution is -0.137. The predicted molar refractivity (Wildman–Crippen MR) is 130 cm³/mol. The van der Waals surface area contributed by atoms with Gasteiger partial charge < -0.3 is 21.9 Å². The van der Waals surface area contributed by atoms with Gasteiger partial charge >= 0.3 is 0 Å². The molecule has 3 rings (SSSR count). The summed E-state index contributed by atoms with van der Waals surface area (Å²) < 4.78 is 0. The SMILES string of the molecule is C[C@H](NC(=O)[C@@](N)(CCCN)C(=O)C(c1ccccc1)c1ccccc1)c1ccc(O)cc1. The van der Waals surface area contributed by atoms with Gasteiger partial charge in [0.15, 0.2) is 11.3 Å². The number of carbonyl (C=O) groups is 2. The summed E-state index contributed by atoms with van der Waals surface area (Å²) in [6, 6.07) is 24.8.